The number of alkyl carbamates (subject to hydrolysis) is 1. The number of amides is 4. The summed E-state index contributed by atoms with van der Waals surface area (Å²) >= 11 is 0. The van der Waals surface area contributed by atoms with Gasteiger partial charge >= 0.3 is 6.09 Å². The van der Waals surface area contributed by atoms with Crippen LogP contribution in [0.15, 0.2) is 60.7 Å². The van der Waals surface area contributed by atoms with Crippen LogP contribution in [0.3, 0.4) is 0 Å². The number of nitrogens with one attached hydrogen (secondary N) is 4. The van der Waals surface area contributed by atoms with Crippen molar-refractivity contribution in [2.45, 2.75) is 110 Å². The minimum absolute atomic E-state index is 0.0507. The van der Waals surface area contributed by atoms with Crippen LogP contribution in [0.5, 0.6) is 0 Å². The largest absolute Gasteiger partial charge is 0.445 e. The molecular weight excluding hydrogens is 622 g/mol. The molecule has 1 aliphatic rings. The third-order valence-corrected chi connectivity index (χ3v) is 8.65. The number of carbonyl (C=O) groups excluding carboxylic acids is 5. The molecule has 4 atom stereocenters. The Morgan fingerprint density at radius 1 is 0.837 bits per heavy atom. The molecule has 0 unspecified atom stereocenters. The standard InChI is InChI=1S/C38H55N5O6/c1-26(2)31(34(46)41-37(5,6)7)39-33(45)30-19-14-21-43(30)22-20-38(25-44,23-28-15-10-8-11-16-28)42-35(47)32(27(3)4)40-36(48)49-24-29-17-12-9-13-18-29/h8-13,15-18,25-27,30-32H,14,19-24H2,1-7H3,(H,39,45)(H,40,48)(H,41,46)(H,42,47)/t30-,31-,32-,38-/m0/s1. The maximum Gasteiger partial charge on any atom is 0.408 e. The van der Waals surface area contributed by atoms with Crippen molar-refractivity contribution in [2.24, 2.45) is 11.8 Å². The summed E-state index contributed by atoms with van der Waals surface area (Å²) < 4.78 is 5.37. The van der Waals surface area contributed by atoms with Crippen LogP contribution in [-0.4, -0.2) is 77.3 Å². The first-order chi connectivity index (χ1) is 23.1. The monoisotopic (exact) mass is 677 g/mol. The summed E-state index contributed by atoms with van der Waals surface area (Å²) in [4.78, 5) is 68.2. The van der Waals surface area contributed by atoms with Crippen LogP contribution >= 0.6 is 0 Å². The van der Waals surface area contributed by atoms with Gasteiger partial charge in [0, 0.05) is 18.5 Å². The summed E-state index contributed by atoms with van der Waals surface area (Å²) in [6.45, 7) is 14.1. The van der Waals surface area contributed by atoms with E-state index in [2.05, 4.69) is 21.3 Å². The van der Waals surface area contributed by atoms with Gasteiger partial charge in [0.15, 0.2) is 0 Å². The van der Waals surface area contributed by atoms with Gasteiger partial charge in [0.1, 0.15) is 30.5 Å². The first-order valence-electron chi connectivity index (χ1n) is 17.3. The molecule has 11 heteroatoms. The smallest absolute Gasteiger partial charge is 0.408 e. The van der Waals surface area contributed by atoms with Gasteiger partial charge in [0.05, 0.1) is 6.04 Å². The molecule has 2 aromatic carbocycles. The maximum absolute atomic E-state index is 13.8. The number of nitrogens with zero attached hydrogens (tertiary/aromatic N) is 1. The molecule has 268 valence electrons. The second kappa shape index (κ2) is 17.9. The highest BCUT2D eigenvalue weighted by molar-refractivity contribution is 5.91. The number of ether oxygens (including phenoxy) is 1. The number of rotatable bonds is 16. The Morgan fingerprint density at radius 2 is 1.39 bits per heavy atom. The fraction of sp³-hybridized carbons (Fsp3) is 0.553. The van der Waals surface area contributed by atoms with Crippen LogP contribution in [0.1, 0.15) is 78.9 Å². The van der Waals surface area contributed by atoms with Crippen molar-refractivity contribution >= 4 is 30.1 Å². The van der Waals surface area contributed by atoms with Crippen LogP contribution in [0, 0.1) is 11.8 Å². The third-order valence-electron chi connectivity index (χ3n) is 8.65. The zero-order valence-corrected chi connectivity index (χ0v) is 30.1. The highest BCUT2D eigenvalue weighted by Gasteiger charge is 2.39. The predicted octanol–water partition coefficient (Wildman–Crippen LogP) is 4.14. The summed E-state index contributed by atoms with van der Waals surface area (Å²) in [6, 6.07) is 16.5. The lowest BCUT2D eigenvalue weighted by atomic mass is 9.87. The van der Waals surface area contributed by atoms with E-state index >= 15 is 0 Å². The Hall–Kier alpha value is -4.25. The molecule has 1 fully saturated rings. The van der Waals surface area contributed by atoms with Crippen molar-refractivity contribution < 1.29 is 28.7 Å². The molecule has 1 heterocycles. The van der Waals surface area contributed by atoms with Crippen molar-refractivity contribution in [2.75, 3.05) is 13.1 Å². The number of benzene rings is 2. The average Bonchev–Trinajstić information content (AvgIpc) is 3.52. The fourth-order valence-corrected chi connectivity index (χ4v) is 6.00. The molecule has 0 radical (unpaired) electrons. The lowest BCUT2D eigenvalue weighted by Gasteiger charge is -2.35. The molecule has 1 aliphatic heterocycles. The van der Waals surface area contributed by atoms with E-state index in [4.69, 9.17) is 4.74 Å². The van der Waals surface area contributed by atoms with E-state index in [1.807, 2.05) is 100 Å². The van der Waals surface area contributed by atoms with Gasteiger partial charge in [0.25, 0.3) is 0 Å². The molecule has 0 bridgehead atoms. The minimum atomic E-state index is -1.32. The van der Waals surface area contributed by atoms with Crippen LogP contribution < -0.4 is 21.3 Å². The lowest BCUT2D eigenvalue weighted by Crippen LogP contribution is -2.60. The molecule has 4 N–H and O–H groups in total. The summed E-state index contributed by atoms with van der Waals surface area (Å²) in [5.74, 6) is -1.40. The molecule has 1 saturated heterocycles. The van der Waals surface area contributed by atoms with Gasteiger partial charge in [-0.3, -0.25) is 19.3 Å². The van der Waals surface area contributed by atoms with Crippen molar-refractivity contribution in [1.82, 2.24) is 26.2 Å². The van der Waals surface area contributed by atoms with E-state index < -0.39 is 41.2 Å². The Kier molecular flexibility index (Phi) is 14.4. The number of aldehydes is 1. The van der Waals surface area contributed by atoms with E-state index in [1.54, 1.807) is 13.8 Å². The van der Waals surface area contributed by atoms with E-state index in [9.17, 15) is 24.0 Å². The fourth-order valence-electron chi connectivity index (χ4n) is 6.00. The number of carbonyl (C=O) groups is 5. The molecular formula is C38H55N5O6. The van der Waals surface area contributed by atoms with Crippen molar-refractivity contribution in [1.29, 1.82) is 0 Å². The Bertz CT molecular complexity index is 1390. The molecule has 0 aliphatic carbocycles. The number of likely N-dealkylation sites (tertiary alicyclic amines) is 1. The summed E-state index contributed by atoms with van der Waals surface area (Å²) in [6.07, 6.45) is 1.87. The quantitative estimate of drug-likeness (QED) is 0.196. The van der Waals surface area contributed by atoms with Gasteiger partial charge in [-0.05, 0) is 69.5 Å². The second-order valence-corrected chi connectivity index (χ2v) is 14.8. The summed E-state index contributed by atoms with van der Waals surface area (Å²) in [5.41, 5.74) is -0.0976. The van der Waals surface area contributed by atoms with Crippen molar-refractivity contribution in [3.63, 3.8) is 0 Å². The number of hydrogen-bond donors (Lipinski definition) is 4. The van der Waals surface area contributed by atoms with Crippen LogP contribution in [-0.2, 0) is 36.9 Å². The van der Waals surface area contributed by atoms with Crippen molar-refractivity contribution in [3.05, 3.63) is 71.8 Å². The summed E-state index contributed by atoms with van der Waals surface area (Å²) in [5, 5.41) is 11.6. The maximum atomic E-state index is 13.8. The van der Waals surface area contributed by atoms with Gasteiger partial charge in [-0.25, -0.2) is 4.79 Å². The highest BCUT2D eigenvalue weighted by Crippen LogP contribution is 2.23. The molecule has 0 spiro atoms. The van der Waals surface area contributed by atoms with Gasteiger partial charge in [-0.1, -0.05) is 88.4 Å². The SMILES string of the molecule is CC(C)[C@H](NC(=O)OCc1ccccc1)C(=O)N[C@@](C=O)(CCN1CCC[C@H]1C(=O)N[C@H](C(=O)NC(C)(C)C)C(C)C)Cc1ccccc1. The normalized spacial score (nSPS) is 17.4. The Morgan fingerprint density at radius 3 is 1.94 bits per heavy atom. The van der Waals surface area contributed by atoms with Gasteiger partial charge in [0.2, 0.25) is 17.7 Å². The third kappa shape index (κ3) is 12.3. The van der Waals surface area contributed by atoms with Crippen LogP contribution in [0.2, 0.25) is 0 Å². The topological polar surface area (TPSA) is 146 Å². The molecule has 49 heavy (non-hydrogen) atoms. The predicted molar refractivity (Wildman–Crippen MR) is 189 cm³/mol. The zero-order chi connectivity index (χ0) is 36.2. The number of hydrogen-bond acceptors (Lipinski definition) is 7. The second-order valence-electron chi connectivity index (χ2n) is 14.8. The Labute approximate surface area is 291 Å². The molecule has 2 aromatic rings. The Balaban J connectivity index is 1.75. The van der Waals surface area contributed by atoms with E-state index in [1.165, 1.54) is 0 Å². The van der Waals surface area contributed by atoms with E-state index in [-0.39, 0.29) is 43.1 Å². The highest BCUT2D eigenvalue weighted by atomic mass is 16.5. The average molecular weight is 678 g/mol. The lowest BCUT2D eigenvalue weighted by molar-refractivity contribution is -0.133. The van der Waals surface area contributed by atoms with E-state index in [0.717, 1.165) is 23.8 Å². The van der Waals surface area contributed by atoms with Crippen LogP contribution in [0.4, 0.5) is 4.79 Å². The van der Waals surface area contributed by atoms with E-state index in [0.29, 0.717) is 19.5 Å². The van der Waals surface area contributed by atoms with Crippen LogP contribution in [0.25, 0.3) is 0 Å². The molecule has 0 saturated carbocycles. The summed E-state index contributed by atoms with van der Waals surface area (Å²) in [7, 11) is 0. The minimum Gasteiger partial charge on any atom is -0.445 e. The molecule has 3 rings (SSSR count). The van der Waals surface area contributed by atoms with Gasteiger partial charge < -0.3 is 30.8 Å². The van der Waals surface area contributed by atoms with Crippen molar-refractivity contribution in [3.8, 4) is 0 Å². The molecule has 0 aromatic heterocycles. The molecule has 11 nitrogen and oxygen atoms in total. The first-order valence-corrected chi connectivity index (χ1v) is 17.3. The van der Waals surface area contributed by atoms with Gasteiger partial charge in [-0.15, -0.1) is 0 Å². The van der Waals surface area contributed by atoms with Gasteiger partial charge in [-0.2, -0.15) is 0 Å². The zero-order valence-electron chi connectivity index (χ0n) is 30.1. The first kappa shape index (κ1) is 39.2. The molecule has 4 amide bonds.